The first-order valence-corrected chi connectivity index (χ1v) is 21.9. The number of carbonyl (C=O) groups excluding carboxylic acids is 1. The van der Waals surface area contributed by atoms with Gasteiger partial charge in [0.05, 0.1) is 22.5 Å². The Hall–Kier alpha value is -2.41. The van der Waals surface area contributed by atoms with Crippen LogP contribution in [0.25, 0.3) is 0 Å². The molecule has 52 heavy (non-hydrogen) atoms. The van der Waals surface area contributed by atoms with E-state index in [1.165, 1.54) is 24.3 Å². The Balaban J connectivity index is 1.23. The van der Waals surface area contributed by atoms with Crippen LogP contribution in [0.3, 0.4) is 0 Å². The highest BCUT2D eigenvalue weighted by Crippen LogP contribution is 2.71. The minimum Gasteiger partial charge on any atom is -0.371 e. The lowest BCUT2D eigenvalue weighted by Crippen LogP contribution is -2.70. The molecule has 6 aliphatic rings. The number of aryl methyl sites for hydroxylation is 2. The standard InChI is InChI=1S/C41H52O9S2/c1-24-7-12-29(13-8-24)51(45,46)40(43)21-28-11-16-31-32(37(28,5)23-41(40,44)52(47,48)30-14-9-25(2)10-15-30)20-35(42)38(6)33(31)19-34-36(38)27(4)39(50-34)18-17-26(3)22-49-39/h7-10,12-15,20,26-28,31,33-34,36,43-44H,11,16-19,21-23H2,1-6H3/t26?,27-,28?,31+,33-,34-,36-,37-,38+,39+,40?,41?/m0/s1. The van der Waals surface area contributed by atoms with Crippen LogP contribution in [0.4, 0.5) is 0 Å². The molecule has 12 atom stereocenters. The molecule has 0 aromatic heterocycles. The van der Waals surface area contributed by atoms with Gasteiger partial charge in [0.2, 0.25) is 29.5 Å². The Morgan fingerprint density at radius 3 is 1.94 bits per heavy atom. The molecule has 2 aliphatic heterocycles. The summed E-state index contributed by atoms with van der Waals surface area (Å²) < 4.78 is 72.0. The van der Waals surface area contributed by atoms with E-state index in [0.717, 1.165) is 29.5 Å². The van der Waals surface area contributed by atoms with Crippen molar-refractivity contribution >= 4 is 25.5 Å². The number of hydrogen-bond donors (Lipinski definition) is 2. The largest absolute Gasteiger partial charge is 0.371 e. The fourth-order valence-electron chi connectivity index (χ4n) is 11.8. The van der Waals surface area contributed by atoms with Crippen molar-refractivity contribution < 1.29 is 41.3 Å². The van der Waals surface area contributed by atoms with Crippen molar-refractivity contribution in [3.63, 3.8) is 0 Å². The third-order valence-corrected chi connectivity index (χ3v) is 19.6. The van der Waals surface area contributed by atoms with Crippen molar-refractivity contribution in [2.24, 2.45) is 46.3 Å². The van der Waals surface area contributed by atoms with Gasteiger partial charge in [-0.25, -0.2) is 16.8 Å². The van der Waals surface area contributed by atoms with Gasteiger partial charge in [0.15, 0.2) is 11.6 Å². The molecule has 2 aromatic rings. The van der Waals surface area contributed by atoms with Crippen molar-refractivity contribution in [2.75, 3.05) is 6.61 Å². The number of benzene rings is 2. The highest BCUT2D eigenvalue weighted by molar-refractivity contribution is 7.96. The molecular weight excluding hydrogens is 701 g/mol. The van der Waals surface area contributed by atoms with Crippen molar-refractivity contribution in [2.45, 2.75) is 118 Å². The highest BCUT2D eigenvalue weighted by Gasteiger charge is 2.75. The number of allylic oxidation sites excluding steroid dienone is 2. The minimum atomic E-state index is -4.91. The van der Waals surface area contributed by atoms with Gasteiger partial charge in [0.25, 0.3) is 0 Å². The lowest BCUT2D eigenvalue weighted by atomic mass is 9.47. The van der Waals surface area contributed by atoms with Crippen LogP contribution in [0.2, 0.25) is 0 Å². The number of rotatable bonds is 4. The molecule has 2 N–H and O–H groups in total. The van der Waals surface area contributed by atoms with Crippen molar-refractivity contribution in [3.8, 4) is 0 Å². The van der Waals surface area contributed by atoms with Crippen molar-refractivity contribution in [3.05, 3.63) is 71.3 Å². The Morgan fingerprint density at radius 2 is 1.38 bits per heavy atom. The minimum absolute atomic E-state index is 0.00670. The van der Waals surface area contributed by atoms with Crippen LogP contribution < -0.4 is 0 Å². The summed E-state index contributed by atoms with van der Waals surface area (Å²) in [7, 11) is -9.76. The Morgan fingerprint density at radius 1 is 0.808 bits per heavy atom. The molecule has 282 valence electrons. The highest BCUT2D eigenvalue weighted by atomic mass is 32.2. The summed E-state index contributed by atoms with van der Waals surface area (Å²) >= 11 is 0. The van der Waals surface area contributed by atoms with E-state index >= 15 is 0 Å². The van der Waals surface area contributed by atoms with E-state index in [1.54, 1.807) is 44.2 Å². The van der Waals surface area contributed by atoms with Crippen LogP contribution in [0.1, 0.15) is 83.8 Å². The maximum atomic E-state index is 14.8. The number of carbonyl (C=O) groups is 1. The topological polar surface area (TPSA) is 144 Å². The summed E-state index contributed by atoms with van der Waals surface area (Å²) in [5.74, 6) is -1.01. The molecule has 0 radical (unpaired) electrons. The first-order chi connectivity index (χ1) is 24.2. The van der Waals surface area contributed by atoms with Gasteiger partial charge in [0.1, 0.15) is 0 Å². The number of sulfone groups is 2. The number of fused-ring (bicyclic) bond motifs is 7. The van der Waals surface area contributed by atoms with Gasteiger partial charge >= 0.3 is 0 Å². The predicted molar refractivity (Wildman–Crippen MR) is 194 cm³/mol. The average Bonchev–Trinajstić information content (AvgIpc) is 3.54. The van der Waals surface area contributed by atoms with E-state index in [-0.39, 0.29) is 45.3 Å². The molecule has 2 aromatic carbocycles. The maximum absolute atomic E-state index is 14.8. The quantitative estimate of drug-likeness (QED) is 0.380. The first-order valence-electron chi connectivity index (χ1n) is 18.9. The van der Waals surface area contributed by atoms with Gasteiger partial charge in [-0.05, 0) is 105 Å². The second kappa shape index (κ2) is 11.6. The summed E-state index contributed by atoms with van der Waals surface area (Å²) in [4.78, 5) is 7.92. The fraction of sp³-hybridized carbons (Fsp3) is 0.634. The van der Waals surface area contributed by atoms with Crippen LogP contribution in [0, 0.1) is 60.2 Å². The second-order valence-electron chi connectivity index (χ2n) is 17.7. The SMILES string of the molecule is Cc1ccc(S(=O)(=O)C2(O)CC3CC[C@@H]4C(=CC(=O)[C@]5(C)[C@@H]6[C@H](C[C@@H]45)O[C@]4(CCC(C)CO4)[C@H]6C)[C@@]3(C)CC2(O)S(=O)(=O)c2ccc(C)cc2)cc1. The Kier molecular flexibility index (Phi) is 8.12. The summed E-state index contributed by atoms with van der Waals surface area (Å²) in [5.41, 5.74) is 0.508. The lowest BCUT2D eigenvalue weighted by Gasteiger charge is -2.61. The predicted octanol–water partition coefficient (Wildman–Crippen LogP) is 6.08. The van der Waals surface area contributed by atoms with Crippen molar-refractivity contribution in [1.29, 1.82) is 0 Å². The van der Waals surface area contributed by atoms with Gasteiger partial charge in [-0.2, -0.15) is 0 Å². The first kappa shape index (κ1) is 36.6. The summed E-state index contributed by atoms with van der Waals surface area (Å²) in [6.45, 7) is 12.5. The van der Waals surface area contributed by atoms with E-state index in [2.05, 4.69) is 20.8 Å². The number of ether oxygens (including phenoxy) is 2. The molecule has 0 bridgehead atoms. The third-order valence-electron chi connectivity index (χ3n) is 14.9. The number of ketones is 1. The summed E-state index contributed by atoms with van der Waals surface area (Å²) in [6, 6.07) is 11.7. The molecule has 2 heterocycles. The van der Waals surface area contributed by atoms with E-state index in [4.69, 9.17) is 9.47 Å². The number of hydrogen-bond acceptors (Lipinski definition) is 9. The van der Waals surface area contributed by atoms with Crippen LogP contribution in [0.5, 0.6) is 0 Å². The molecule has 9 nitrogen and oxygen atoms in total. The van der Waals surface area contributed by atoms with Gasteiger partial charge in [0, 0.05) is 30.1 Å². The molecule has 3 saturated carbocycles. The third kappa shape index (κ3) is 4.62. The van der Waals surface area contributed by atoms with Crippen LogP contribution in [-0.4, -0.2) is 61.2 Å². The second-order valence-corrected chi connectivity index (χ2v) is 22.0. The van der Waals surface area contributed by atoms with Crippen LogP contribution in [-0.2, 0) is 33.9 Å². The molecule has 0 amide bonds. The van der Waals surface area contributed by atoms with Crippen molar-refractivity contribution in [1.82, 2.24) is 0 Å². The van der Waals surface area contributed by atoms with E-state index in [9.17, 15) is 31.8 Å². The zero-order valence-corrected chi connectivity index (χ0v) is 32.6. The lowest BCUT2D eigenvalue weighted by molar-refractivity contribution is -0.271. The maximum Gasteiger partial charge on any atom is 0.215 e. The van der Waals surface area contributed by atoms with Gasteiger partial charge in [-0.1, -0.05) is 68.7 Å². The zero-order chi connectivity index (χ0) is 37.4. The van der Waals surface area contributed by atoms with E-state index in [1.807, 2.05) is 6.92 Å². The monoisotopic (exact) mass is 752 g/mol. The fourth-order valence-corrected chi connectivity index (χ4v) is 16.1. The van der Waals surface area contributed by atoms with Gasteiger partial charge in [-0.15, -0.1) is 0 Å². The van der Waals surface area contributed by atoms with Crippen LogP contribution in [0.15, 0.2) is 70.0 Å². The van der Waals surface area contributed by atoms with Crippen LogP contribution >= 0.6 is 0 Å². The molecule has 2 saturated heterocycles. The Labute approximate surface area is 308 Å². The van der Waals surface area contributed by atoms with E-state index < -0.39 is 64.9 Å². The normalized spacial score (nSPS) is 44.4. The molecular formula is C41H52O9S2. The summed E-state index contributed by atoms with van der Waals surface area (Å²) in [6.07, 6.45) is 4.07. The smallest absolute Gasteiger partial charge is 0.215 e. The van der Waals surface area contributed by atoms with Gasteiger partial charge < -0.3 is 19.7 Å². The molecule has 8 rings (SSSR count). The average molecular weight is 753 g/mol. The summed E-state index contributed by atoms with van der Waals surface area (Å²) in [5, 5.41) is 25.5. The Bertz CT molecular complexity index is 2050. The molecule has 4 aliphatic carbocycles. The zero-order valence-electron chi connectivity index (χ0n) is 31.0. The molecule has 1 spiro atoms. The van der Waals surface area contributed by atoms with E-state index in [0.29, 0.717) is 31.8 Å². The molecule has 5 fully saturated rings. The number of aliphatic hydroxyl groups is 2. The van der Waals surface area contributed by atoms with Gasteiger partial charge in [-0.3, -0.25) is 4.79 Å². The molecule has 4 unspecified atom stereocenters. The molecule has 11 heteroatoms.